The predicted molar refractivity (Wildman–Crippen MR) is 123 cm³/mol. The number of piperidine rings is 1. The van der Waals surface area contributed by atoms with Gasteiger partial charge in [0.1, 0.15) is 5.78 Å². The SMILES string of the molecule is O=C(Cc1cc2cc(-c3cn[nH]c3)ccc2cn1)C1CCN(C(=O)c2ccccc2)CC1. The van der Waals surface area contributed by atoms with Crippen LogP contribution in [0.3, 0.4) is 0 Å². The minimum absolute atomic E-state index is 0.0235. The molecule has 2 aromatic heterocycles. The Hall–Kier alpha value is -3.80. The van der Waals surface area contributed by atoms with Crippen LogP contribution in [-0.2, 0) is 11.2 Å². The highest BCUT2D eigenvalue weighted by atomic mass is 16.2. The molecule has 0 saturated carbocycles. The zero-order chi connectivity index (χ0) is 21.9. The summed E-state index contributed by atoms with van der Waals surface area (Å²) >= 11 is 0. The molecule has 1 saturated heterocycles. The fraction of sp³-hybridized carbons (Fsp3) is 0.231. The van der Waals surface area contributed by atoms with Gasteiger partial charge >= 0.3 is 0 Å². The van der Waals surface area contributed by atoms with Gasteiger partial charge in [-0.15, -0.1) is 0 Å². The highest BCUT2D eigenvalue weighted by molar-refractivity contribution is 5.94. The molecule has 3 heterocycles. The summed E-state index contributed by atoms with van der Waals surface area (Å²) in [5.41, 5.74) is 3.59. The molecule has 4 aromatic rings. The molecule has 0 atom stereocenters. The van der Waals surface area contributed by atoms with E-state index in [1.165, 1.54) is 0 Å². The number of aromatic amines is 1. The third kappa shape index (κ3) is 4.17. The number of benzene rings is 2. The van der Waals surface area contributed by atoms with Gasteiger partial charge < -0.3 is 4.90 Å². The van der Waals surface area contributed by atoms with Crippen molar-refractivity contribution in [2.45, 2.75) is 19.3 Å². The van der Waals surface area contributed by atoms with Gasteiger partial charge in [0.25, 0.3) is 5.91 Å². The molecule has 6 heteroatoms. The maximum absolute atomic E-state index is 12.9. The van der Waals surface area contributed by atoms with E-state index in [1.807, 2.05) is 65.8 Å². The average molecular weight is 425 g/mol. The number of fused-ring (bicyclic) bond motifs is 1. The van der Waals surface area contributed by atoms with Crippen molar-refractivity contribution in [1.82, 2.24) is 20.1 Å². The van der Waals surface area contributed by atoms with E-state index in [4.69, 9.17) is 0 Å². The highest BCUT2D eigenvalue weighted by Crippen LogP contribution is 2.25. The monoisotopic (exact) mass is 424 g/mol. The molecule has 1 fully saturated rings. The van der Waals surface area contributed by atoms with Gasteiger partial charge in [-0.2, -0.15) is 5.10 Å². The number of likely N-dealkylation sites (tertiary alicyclic amines) is 1. The van der Waals surface area contributed by atoms with E-state index < -0.39 is 0 Å². The average Bonchev–Trinajstić information content (AvgIpc) is 3.39. The second-order valence-corrected chi connectivity index (χ2v) is 8.30. The molecule has 2 aromatic carbocycles. The number of pyridine rings is 1. The molecule has 160 valence electrons. The number of hydrogen-bond acceptors (Lipinski definition) is 4. The Balaban J connectivity index is 1.23. The maximum Gasteiger partial charge on any atom is 0.253 e. The van der Waals surface area contributed by atoms with Gasteiger partial charge in [0, 0.05) is 60.0 Å². The summed E-state index contributed by atoms with van der Waals surface area (Å²) in [6.07, 6.45) is 7.22. The van der Waals surface area contributed by atoms with E-state index >= 15 is 0 Å². The zero-order valence-corrected chi connectivity index (χ0v) is 17.7. The lowest BCUT2D eigenvalue weighted by atomic mass is 9.89. The molecule has 0 aliphatic carbocycles. The maximum atomic E-state index is 12.9. The standard InChI is InChI=1S/C26H24N4O2/c31-25(18-8-10-30(11-9-18)26(32)19-4-2-1-3-5-19)14-24-13-22-12-20(23-16-28-29-17-23)6-7-21(22)15-27-24/h1-7,12-13,15-18H,8-11,14H2,(H,28,29). The Morgan fingerprint density at radius 2 is 1.75 bits per heavy atom. The van der Waals surface area contributed by atoms with Crippen LogP contribution in [0, 0.1) is 5.92 Å². The number of carbonyl (C=O) groups is 2. The van der Waals surface area contributed by atoms with E-state index in [0.29, 0.717) is 37.9 Å². The van der Waals surface area contributed by atoms with Crippen molar-refractivity contribution >= 4 is 22.5 Å². The van der Waals surface area contributed by atoms with Crippen molar-refractivity contribution in [2.75, 3.05) is 13.1 Å². The molecule has 6 nitrogen and oxygen atoms in total. The first-order valence-electron chi connectivity index (χ1n) is 10.9. The van der Waals surface area contributed by atoms with E-state index in [2.05, 4.69) is 21.2 Å². The Kier molecular flexibility index (Phi) is 5.50. The normalized spacial score (nSPS) is 14.6. The Morgan fingerprint density at radius 3 is 2.50 bits per heavy atom. The fourth-order valence-corrected chi connectivity index (χ4v) is 4.36. The van der Waals surface area contributed by atoms with Gasteiger partial charge in [0.2, 0.25) is 0 Å². The summed E-state index contributed by atoms with van der Waals surface area (Å²) in [6, 6.07) is 17.5. The van der Waals surface area contributed by atoms with Crippen LogP contribution in [0.25, 0.3) is 21.9 Å². The Morgan fingerprint density at radius 1 is 0.938 bits per heavy atom. The second-order valence-electron chi connectivity index (χ2n) is 8.30. The van der Waals surface area contributed by atoms with E-state index in [9.17, 15) is 9.59 Å². The third-order valence-corrected chi connectivity index (χ3v) is 6.22. The van der Waals surface area contributed by atoms with Crippen LogP contribution >= 0.6 is 0 Å². The summed E-state index contributed by atoms with van der Waals surface area (Å²) in [5, 5.41) is 8.95. The summed E-state index contributed by atoms with van der Waals surface area (Å²) in [5.74, 6) is 0.223. The fourth-order valence-electron chi connectivity index (χ4n) is 4.36. The molecule has 1 N–H and O–H groups in total. The summed E-state index contributed by atoms with van der Waals surface area (Å²) in [6.45, 7) is 1.23. The van der Waals surface area contributed by atoms with Gasteiger partial charge in [-0.1, -0.05) is 30.3 Å². The molecule has 32 heavy (non-hydrogen) atoms. The van der Waals surface area contributed by atoms with Gasteiger partial charge in [0.15, 0.2) is 0 Å². The number of ketones is 1. The molecule has 1 aliphatic rings. The number of amides is 1. The molecule has 0 radical (unpaired) electrons. The van der Waals surface area contributed by atoms with Crippen LogP contribution in [-0.4, -0.2) is 44.9 Å². The van der Waals surface area contributed by atoms with Crippen LogP contribution < -0.4 is 0 Å². The second kappa shape index (κ2) is 8.75. The van der Waals surface area contributed by atoms with Gasteiger partial charge in [-0.05, 0) is 48.1 Å². The molecule has 5 rings (SSSR count). The third-order valence-electron chi connectivity index (χ3n) is 6.22. The van der Waals surface area contributed by atoms with Crippen LogP contribution in [0.5, 0.6) is 0 Å². The largest absolute Gasteiger partial charge is 0.339 e. The number of hydrogen-bond donors (Lipinski definition) is 1. The summed E-state index contributed by atoms with van der Waals surface area (Å²) in [7, 11) is 0. The van der Waals surface area contributed by atoms with E-state index in [1.54, 1.807) is 6.20 Å². The first-order chi connectivity index (χ1) is 15.7. The van der Waals surface area contributed by atoms with Crippen molar-refractivity contribution in [1.29, 1.82) is 0 Å². The number of H-pyrrole nitrogens is 1. The van der Waals surface area contributed by atoms with Crippen molar-refractivity contribution in [3.8, 4) is 11.1 Å². The van der Waals surface area contributed by atoms with Crippen molar-refractivity contribution < 1.29 is 9.59 Å². The van der Waals surface area contributed by atoms with Crippen LogP contribution in [0.1, 0.15) is 28.9 Å². The summed E-state index contributed by atoms with van der Waals surface area (Å²) < 4.78 is 0. The lowest BCUT2D eigenvalue weighted by Crippen LogP contribution is -2.40. The van der Waals surface area contributed by atoms with Crippen molar-refractivity contribution in [3.05, 3.63) is 84.4 Å². The lowest BCUT2D eigenvalue weighted by Gasteiger charge is -2.31. The van der Waals surface area contributed by atoms with Crippen molar-refractivity contribution in [2.24, 2.45) is 5.92 Å². The van der Waals surface area contributed by atoms with Crippen LogP contribution in [0.4, 0.5) is 0 Å². The smallest absolute Gasteiger partial charge is 0.253 e. The van der Waals surface area contributed by atoms with Gasteiger partial charge in [0.05, 0.1) is 6.20 Å². The molecule has 1 aliphatic heterocycles. The highest BCUT2D eigenvalue weighted by Gasteiger charge is 2.27. The number of aromatic nitrogens is 3. The van der Waals surface area contributed by atoms with Gasteiger partial charge in [-0.3, -0.25) is 19.7 Å². The number of nitrogens with zero attached hydrogens (tertiary/aromatic N) is 3. The number of rotatable bonds is 5. The van der Waals surface area contributed by atoms with Crippen LogP contribution in [0.15, 0.2) is 73.2 Å². The predicted octanol–water partition coefficient (Wildman–Crippen LogP) is 4.29. The minimum Gasteiger partial charge on any atom is -0.339 e. The Bertz CT molecular complexity index is 1240. The zero-order valence-electron chi connectivity index (χ0n) is 17.7. The van der Waals surface area contributed by atoms with Crippen LogP contribution in [0.2, 0.25) is 0 Å². The first-order valence-corrected chi connectivity index (χ1v) is 10.9. The first kappa shape index (κ1) is 20.1. The molecule has 0 unspecified atom stereocenters. The number of Topliss-reactive ketones (excluding diaryl/α,β-unsaturated/α-hetero) is 1. The summed E-state index contributed by atoms with van der Waals surface area (Å²) in [4.78, 5) is 31.9. The quantitative estimate of drug-likeness (QED) is 0.518. The topological polar surface area (TPSA) is 79.0 Å². The molecule has 0 spiro atoms. The van der Waals surface area contributed by atoms with Gasteiger partial charge in [-0.25, -0.2) is 0 Å². The van der Waals surface area contributed by atoms with E-state index in [-0.39, 0.29) is 17.6 Å². The minimum atomic E-state index is -0.0235. The molecule has 0 bridgehead atoms. The Labute approximate surface area is 186 Å². The molecule has 1 amide bonds. The van der Waals surface area contributed by atoms with Crippen molar-refractivity contribution in [3.63, 3.8) is 0 Å². The lowest BCUT2D eigenvalue weighted by molar-refractivity contribution is -0.123. The number of carbonyl (C=O) groups excluding carboxylic acids is 2. The molecular formula is C26H24N4O2. The van der Waals surface area contributed by atoms with E-state index in [0.717, 1.165) is 27.6 Å². The molecular weight excluding hydrogens is 400 g/mol. The number of nitrogens with one attached hydrogen (secondary N) is 1.